The van der Waals surface area contributed by atoms with Gasteiger partial charge in [-0.1, -0.05) is 0 Å². The monoisotopic (exact) mass is 365 g/mol. The molecule has 0 radical (unpaired) electrons. The molecule has 1 saturated heterocycles. The number of carbonyl (C=O) groups is 1. The zero-order chi connectivity index (χ0) is 18.6. The molecule has 0 atom stereocenters. The van der Waals surface area contributed by atoms with Gasteiger partial charge in [-0.25, -0.2) is 9.97 Å². The van der Waals surface area contributed by atoms with Gasteiger partial charge in [0.25, 0.3) is 5.91 Å². The lowest BCUT2D eigenvalue weighted by Crippen LogP contribution is -2.46. The van der Waals surface area contributed by atoms with Crippen LogP contribution in [-0.2, 0) is 0 Å². The van der Waals surface area contributed by atoms with Crippen LogP contribution in [0.5, 0.6) is 0 Å². The van der Waals surface area contributed by atoms with Gasteiger partial charge in [0.1, 0.15) is 5.69 Å². The van der Waals surface area contributed by atoms with Crippen molar-refractivity contribution in [3.8, 4) is 0 Å². The van der Waals surface area contributed by atoms with E-state index < -0.39 is 0 Å². The van der Waals surface area contributed by atoms with E-state index in [0.717, 1.165) is 25.9 Å². The summed E-state index contributed by atoms with van der Waals surface area (Å²) in [4.78, 5) is 24.9. The lowest BCUT2D eigenvalue weighted by molar-refractivity contribution is 0.0774. The van der Waals surface area contributed by atoms with Gasteiger partial charge in [0, 0.05) is 45.0 Å². The van der Waals surface area contributed by atoms with Crippen LogP contribution < -0.4 is 0 Å². The standard InChI is InChI=1S/C18H28ClN5O/c1-18(2,3)23-11-8-14(9-12-23)24-13-21-17(19)20-10-6-7-15(24)16(25)22(4)5/h6-7,10,13-14H,8-9,11-12H2,1-5H3. The number of carbonyl (C=O) groups excluding carboxylic acids is 1. The third-order valence-corrected chi connectivity index (χ3v) is 4.72. The molecule has 25 heavy (non-hydrogen) atoms. The number of nitrogens with zero attached hydrogens (tertiary/aromatic N) is 5. The molecule has 2 rings (SSSR count). The minimum absolute atomic E-state index is 0.0626. The Kier molecular flexibility index (Phi) is 6.41. The topological polar surface area (TPSA) is 54.3 Å². The summed E-state index contributed by atoms with van der Waals surface area (Å²) in [6.07, 6.45) is 5.11. The summed E-state index contributed by atoms with van der Waals surface area (Å²) < 4.78 is 1.95. The fourth-order valence-corrected chi connectivity index (χ4v) is 3.15. The second-order valence-corrected chi connectivity index (χ2v) is 7.87. The van der Waals surface area contributed by atoms with E-state index in [9.17, 15) is 4.79 Å². The quantitative estimate of drug-likeness (QED) is 0.807. The molecule has 1 fully saturated rings. The van der Waals surface area contributed by atoms with Crippen LogP contribution in [0.2, 0.25) is 5.28 Å². The molecule has 6 nitrogen and oxygen atoms in total. The molecule has 1 aliphatic rings. The summed E-state index contributed by atoms with van der Waals surface area (Å²) in [7, 11) is 3.50. The van der Waals surface area contributed by atoms with Gasteiger partial charge in [0.15, 0.2) is 0 Å². The van der Waals surface area contributed by atoms with E-state index in [4.69, 9.17) is 11.6 Å². The van der Waals surface area contributed by atoms with Crippen LogP contribution >= 0.6 is 11.6 Å². The highest BCUT2D eigenvalue weighted by Crippen LogP contribution is 2.27. The van der Waals surface area contributed by atoms with Crippen molar-refractivity contribution >= 4 is 17.5 Å². The number of amides is 1. The first-order valence-corrected chi connectivity index (χ1v) is 8.97. The zero-order valence-corrected chi connectivity index (χ0v) is 16.5. The Balaban J connectivity index is 2.42. The third-order valence-electron chi connectivity index (χ3n) is 4.52. The Morgan fingerprint density at radius 1 is 1.24 bits per heavy atom. The highest BCUT2D eigenvalue weighted by Gasteiger charge is 2.28. The van der Waals surface area contributed by atoms with Crippen LogP contribution in [0.1, 0.15) is 50.1 Å². The molecule has 1 amide bonds. The van der Waals surface area contributed by atoms with Crippen molar-refractivity contribution in [1.29, 1.82) is 0 Å². The Bertz CT molecular complexity index is 656. The Hall–Kier alpha value is -1.66. The molecule has 0 aromatic carbocycles. The first-order valence-electron chi connectivity index (χ1n) is 8.59. The van der Waals surface area contributed by atoms with Gasteiger partial charge in [-0.3, -0.25) is 9.69 Å². The third kappa shape index (κ3) is 5.16. The highest BCUT2D eigenvalue weighted by atomic mass is 35.5. The molecule has 138 valence electrons. The predicted octanol–water partition coefficient (Wildman–Crippen LogP) is 3.19. The van der Waals surface area contributed by atoms with Gasteiger partial charge in [-0.15, -0.1) is 0 Å². The van der Waals surface area contributed by atoms with Crippen molar-refractivity contribution in [3.05, 3.63) is 35.6 Å². The number of rotatable bonds is 2. The maximum atomic E-state index is 12.7. The second kappa shape index (κ2) is 8.15. The summed E-state index contributed by atoms with van der Waals surface area (Å²) in [6.45, 7) is 8.67. The first-order chi connectivity index (χ1) is 11.7. The van der Waals surface area contributed by atoms with Crippen molar-refractivity contribution in [2.45, 2.75) is 45.2 Å². The molecule has 0 unspecified atom stereocenters. The Morgan fingerprint density at radius 2 is 1.88 bits per heavy atom. The van der Waals surface area contributed by atoms with Gasteiger partial charge in [0.2, 0.25) is 5.28 Å². The van der Waals surface area contributed by atoms with Crippen molar-refractivity contribution in [2.75, 3.05) is 27.2 Å². The van der Waals surface area contributed by atoms with Crippen LogP contribution in [0.15, 0.2) is 24.7 Å². The predicted molar refractivity (Wildman–Crippen MR) is 100 cm³/mol. The van der Waals surface area contributed by atoms with E-state index in [2.05, 4.69) is 35.6 Å². The smallest absolute Gasteiger partial charge is 0.270 e. The van der Waals surface area contributed by atoms with E-state index in [0.29, 0.717) is 5.69 Å². The van der Waals surface area contributed by atoms with Crippen LogP contribution in [0.25, 0.3) is 0 Å². The minimum atomic E-state index is -0.0626. The summed E-state index contributed by atoms with van der Waals surface area (Å²) in [5, 5.41) is 0.153. The molecule has 1 aliphatic heterocycles. The fourth-order valence-electron chi connectivity index (χ4n) is 3.05. The Labute approximate surface area is 155 Å². The largest absolute Gasteiger partial charge is 0.343 e. The van der Waals surface area contributed by atoms with Crippen LogP contribution in [0.3, 0.4) is 0 Å². The number of halogens is 1. The SMILES string of the molecule is CN(C)C(=O)c1cccnc(Cl)ncn1C1CCN(C(C)(C)C)CC1. The molecular weight excluding hydrogens is 338 g/mol. The van der Waals surface area contributed by atoms with E-state index in [-0.39, 0.29) is 22.8 Å². The maximum absolute atomic E-state index is 12.7. The molecule has 0 bridgehead atoms. The molecule has 1 aromatic rings. The van der Waals surface area contributed by atoms with E-state index >= 15 is 0 Å². The van der Waals surface area contributed by atoms with E-state index in [1.807, 2.05) is 4.57 Å². The lowest BCUT2D eigenvalue weighted by Gasteiger charge is -2.41. The number of aromatic nitrogens is 3. The summed E-state index contributed by atoms with van der Waals surface area (Å²) in [6, 6.07) is 3.71. The van der Waals surface area contributed by atoms with Crippen LogP contribution in [0, 0.1) is 0 Å². The van der Waals surface area contributed by atoms with Gasteiger partial charge >= 0.3 is 0 Å². The number of likely N-dealkylation sites (tertiary alicyclic amines) is 1. The molecule has 7 heteroatoms. The molecule has 0 saturated carbocycles. The highest BCUT2D eigenvalue weighted by molar-refractivity contribution is 6.28. The molecule has 0 N–H and O–H groups in total. The van der Waals surface area contributed by atoms with Gasteiger partial charge < -0.3 is 9.47 Å². The van der Waals surface area contributed by atoms with Crippen LogP contribution in [0.4, 0.5) is 0 Å². The van der Waals surface area contributed by atoms with E-state index in [1.165, 1.54) is 0 Å². The van der Waals surface area contributed by atoms with Gasteiger partial charge in [-0.2, -0.15) is 0 Å². The van der Waals surface area contributed by atoms with Gasteiger partial charge in [0.05, 0.1) is 6.33 Å². The lowest BCUT2D eigenvalue weighted by atomic mass is 9.97. The number of hydrogen-bond donors (Lipinski definition) is 0. The summed E-state index contributed by atoms with van der Waals surface area (Å²) >= 11 is 5.99. The summed E-state index contributed by atoms with van der Waals surface area (Å²) in [5.41, 5.74) is 0.740. The molecule has 2 heterocycles. The maximum Gasteiger partial charge on any atom is 0.270 e. The first kappa shape index (κ1) is 19.7. The van der Waals surface area contributed by atoms with Crippen molar-refractivity contribution < 1.29 is 4.79 Å². The fraction of sp³-hybridized carbons (Fsp3) is 0.611. The minimum Gasteiger partial charge on any atom is -0.343 e. The molecule has 0 aliphatic carbocycles. The van der Waals surface area contributed by atoms with E-state index in [1.54, 1.807) is 43.7 Å². The van der Waals surface area contributed by atoms with Crippen LogP contribution in [-0.4, -0.2) is 63.0 Å². The van der Waals surface area contributed by atoms with Crippen molar-refractivity contribution in [3.63, 3.8) is 0 Å². The molecule has 0 spiro atoms. The van der Waals surface area contributed by atoms with Gasteiger partial charge in [-0.05, 0) is 57.3 Å². The van der Waals surface area contributed by atoms with Crippen molar-refractivity contribution in [1.82, 2.24) is 24.3 Å². The average molecular weight is 366 g/mol. The van der Waals surface area contributed by atoms with Crippen molar-refractivity contribution in [2.24, 2.45) is 0 Å². The summed E-state index contributed by atoms with van der Waals surface area (Å²) in [5.74, 6) is -0.0626. The molecule has 1 aromatic heterocycles. The Morgan fingerprint density at radius 3 is 2.44 bits per heavy atom. The molecular formula is C18H28ClN5O. The zero-order valence-electron chi connectivity index (χ0n) is 15.7. The number of piperidine rings is 1. The number of hydrogen-bond acceptors (Lipinski definition) is 4. The average Bonchev–Trinajstić information content (AvgIpc) is 2.64. The second-order valence-electron chi connectivity index (χ2n) is 7.53. The normalized spacial score (nSPS) is 16.4.